The lowest BCUT2D eigenvalue weighted by Gasteiger charge is -2.26. The maximum absolute atomic E-state index is 12.1. The quantitative estimate of drug-likeness (QED) is 0.854. The molecular weight excluding hydrogens is 336 g/mol. The predicted octanol–water partition coefficient (Wildman–Crippen LogP) is 1.77. The maximum Gasteiger partial charge on any atom is 0.270 e. The third-order valence-corrected chi connectivity index (χ3v) is 4.47. The molecule has 6 nitrogen and oxygen atoms in total. The summed E-state index contributed by atoms with van der Waals surface area (Å²) in [6.45, 7) is 7.52. The summed E-state index contributed by atoms with van der Waals surface area (Å²) < 4.78 is 5.53. The van der Waals surface area contributed by atoms with E-state index in [1.54, 1.807) is 5.38 Å². The number of amides is 1. The van der Waals surface area contributed by atoms with E-state index < -0.39 is 0 Å². The van der Waals surface area contributed by atoms with Crippen LogP contribution in [0, 0.1) is 6.92 Å². The smallest absolute Gasteiger partial charge is 0.270 e. The van der Waals surface area contributed by atoms with E-state index in [1.807, 2.05) is 19.1 Å². The number of hydrogen-bond donors (Lipinski definition) is 2. The molecule has 126 valence electrons. The molecule has 1 saturated heterocycles. The van der Waals surface area contributed by atoms with Crippen LogP contribution in [-0.2, 0) is 0 Å². The minimum Gasteiger partial charge on any atom is -0.459 e. The van der Waals surface area contributed by atoms with Crippen molar-refractivity contribution in [2.75, 3.05) is 39.3 Å². The molecule has 2 aromatic heterocycles. The molecular formula is C15H21ClN4O2S. The maximum atomic E-state index is 12.1. The lowest BCUT2D eigenvalue weighted by Crippen LogP contribution is -2.46. The summed E-state index contributed by atoms with van der Waals surface area (Å²) in [4.78, 5) is 18.8. The van der Waals surface area contributed by atoms with Crippen molar-refractivity contribution in [3.05, 3.63) is 29.0 Å². The van der Waals surface area contributed by atoms with Crippen molar-refractivity contribution in [1.82, 2.24) is 20.5 Å². The zero-order valence-corrected chi connectivity index (χ0v) is 14.6. The van der Waals surface area contributed by atoms with Gasteiger partial charge in [-0.2, -0.15) is 0 Å². The summed E-state index contributed by atoms with van der Waals surface area (Å²) in [6, 6.07) is 3.77. The molecule has 0 aliphatic carbocycles. The Balaban J connectivity index is 0.00000192. The molecule has 0 unspecified atom stereocenters. The van der Waals surface area contributed by atoms with Gasteiger partial charge in [0.15, 0.2) is 10.8 Å². The van der Waals surface area contributed by atoms with Crippen LogP contribution >= 0.6 is 23.7 Å². The first-order chi connectivity index (χ1) is 10.7. The van der Waals surface area contributed by atoms with Crippen LogP contribution in [0.1, 0.15) is 16.2 Å². The van der Waals surface area contributed by atoms with E-state index in [9.17, 15) is 4.79 Å². The number of nitrogens with zero attached hydrogens (tertiary/aromatic N) is 2. The van der Waals surface area contributed by atoms with Gasteiger partial charge >= 0.3 is 0 Å². The third kappa shape index (κ3) is 4.78. The molecule has 1 aliphatic heterocycles. The molecule has 23 heavy (non-hydrogen) atoms. The van der Waals surface area contributed by atoms with E-state index in [4.69, 9.17) is 4.42 Å². The second-order valence-corrected chi connectivity index (χ2v) is 6.15. The van der Waals surface area contributed by atoms with Gasteiger partial charge in [0, 0.05) is 44.6 Å². The van der Waals surface area contributed by atoms with E-state index in [0.717, 1.165) is 43.5 Å². The number of rotatable bonds is 5. The van der Waals surface area contributed by atoms with Crippen molar-refractivity contribution in [2.45, 2.75) is 6.92 Å². The Morgan fingerprint density at radius 2 is 2.22 bits per heavy atom. The van der Waals surface area contributed by atoms with E-state index in [2.05, 4.69) is 20.5 Å². The van der Waals surface area contributed by atoms with Gasteiger partial charge < -0.3 is 15.1 Å². The van der Waals surface area contributed by atoms with Crippen molar-refractivity contribution in [3.63, 3.8) is 0 Å². The summed E-state index contributed by atoms with van der Waals surface area (Å²) in [5, 5.41) is 8.75. The Kier molecular flexibility index (Phi) is 6.59. The number of furan rings is 1. The highest BCUT2D eigenvalue weighted by atomic mass is 35.5. The Morgan fingerprint density at radius 1 is 1.43 bits per heavy atom. The number of aryl methyl sites for hydroxylation is 1. The summed E-state index contributed by atoms with van der Waals surface area (Å²) in [5.41, 5.74) is 0.453. The summed E-state index contributed by atoms with van der Waals surface area (Å²) >= 11 is 1.42. The van der Waals surface area contributed by atoms with Crippen LogP contribution in [0.5, 0.6) is 0 Å². The normalized spacial score (nSPS) is 15.2. The van der Waals surface area contributed by atoms with Crippen LogP contribution in [0.3, 0.4) is 0 Å². The second kappa shape index (κ2) is 8.44. The zero-order chi connectivity index (χ0) is 15.4. The molecule has 3 rings (SSSR count). The van der Waals surface area contributed by atoms with Gasteiger partial charge in [0.1, 0.15) is 11.5 Å². The Hall–Kier alpha value is -1.41. The molecule has 0 radical (unpaired) electrons. The summed E-state index contributed by atoms with van der Waals surface area (Å²) in [7, 11) is 0. The molecule has 1 amide bonds. The number of nitrogens with one attached hydrogen (secondary N) is 2. The molecule has 3 heterocycles. The van der Waals surface area contributed by atoms with Crippen molar-refractivity contribution in [1.29, 1.82) is 0 Å². The van der Waals surface area contributed by atoms with E-state index >= 15 is 0 Å². The minimum atomic E-state index is -0.124. The number of halogens is 1. The first-order valence-electron chi connectivity index (χ1n) is 7.46. The van der Waals surface area contributed by atoms with Gasteiger partial charge in [0.05, 0.1) is 0 Å². The van der Waals surface area contributed by atoms with Crippen LogP contribution in [0.15, 0.2) is 21.9 Å². The van der Waals surface area contributed by atoms with Crippen LogP contribution in [-0.4, -0.2) is 55.1 Å². The van der Waals surface area contributed by atoms with Crippen LogP contribution < -0.4 is 10.6 Å². The van der Waals surface area contributed by atoms with E-state index in [0.29, 0.717) is 18.0 Å². The topological polar surface area (TPSA) is 70.4 Å². The van der Waals surface area contributed by atoms with Crippen molar-refractivity contribution < 1.29 is 9.21 Å². The Labute approximate surface area is 145 Å². The number of carbonyl (C=O) groups excluding carboxylic acids is 1. The number of carbonyl (C=O) groups is 1. The van der Waals surface area contributed by atoms with Gasteiger partial charge in [-0.3, -0.25) is 9.69 Å². The molecule has 0 aromatic carbocycles. The average molecular weight is 357 g/mol. The fourth-order valence-electron chi connectivity index (χ4n) is 2.39. The summed E-state index contributed by atoms with van der Waals surface area (Å²) in [6.07, 6.45) is 0. The Bertz CT molecular complexity index is 637. The number of hydrogen-bond acceptors (Lipinski definition) is 6. The van der Waals surface area contributed by atoms with Gasteiger partial charge in [0.25, 0.3) is 5.91 Å². The number of aromatic nitrogens is 1. The van der Waals surface area contributed by atoms with E-state index in [-0.39, 0.29) is 18.3 Å². The third-order valence-electron chi connectivity index (χ3n) is 3.61. The summed E-state index contributed by atoms with van der Waals surface area (Å²) in [5.74, 6) is 1.43. The monoisotopic (exact) mass is 356 g/mol. The lowest BCUT2D eigenvalue weighted by molar-refractivity contribution is 0.0943. The molecule has 0 spiro atoms. The van der Waals surface area contributed by atoms with Crippen molar-refractivity contribution >= 4 is 29.7 Å². The van der Waals surface area contributed by atoms with Gasteiger partial charge in [-0.15, -0.1) is 23.7 Å². The highest BCUT2D eigenvalue weighted by molar-refractivity contribution is 7.13. The zero-order valence-electron chi connectivity index (χ0n) is 13.0. The fourth-order valence-corrected chi connectivity index (χ4v) is 3.15. The molecule has 1 aliphatic rings. The second-order valence-electron chi connectivity index (χ2n) is 5.30. The predicted molar refractivity (Wildman–Crippen MR) is 93.4 cm³/mol. The van der Waals surface area contributed by atoms with Gasteiger partial charge in [-0.05, 0) is 19.1 Å². The lowest BCUT2D eigenvalue weighted by atomic mass is 10.3. The van der Waals surface area contributed by atoms with Crippen LogP contribution in [0.2, 0.25) is 0 Å². The van der Waals surface area contributed by atoms with Crippen molar-refractivity contribution in [2.24, 2.45) is 0 Å². The SMILES string of the molecule is Cc1ccc(-c2nc(C(=O)NCCN3CCNCC3)cs2)o1.Cl. The molecule has 0 atom stereocenters. The van der Waals surface area contributed by atoms with Gasteiger partial charge in [0.2, 0.25) is 0 Å². The first kappa shape index (κ1) is 17.9. The molecule has 1 fully saturated rings. The molecule has 0 bridgehead atoms. The minimum absolute atomic E-state index is 0. The number of thiazole rings is 1. The molecule has 2 N–H and O–H groups in total. The van der Waals surface area contributed by atoms with Gasteiger partial charge in [-0.1, -0.05) is 0 Å². The molecule has 2 aromatic rings. The fraction of sp³-hybridized carbons (Fsp3) is 0.467. The highest BCUT2D eigenvalue weighted by Crippen LogP contribution is 2.25. The molecule has 0 saturated carbocycles. The molecule has 8 heteroatoms. The van der Waals surface area contributed by atoms with Crippen LogP contribution in [0.4, 0.5) is 0 Å². The average Bonchev–Trinajstić information content (AvgIpc) is 3.17. The Morgan fingerprint density at radius 3 is 2.91 bits per heavy atom. The highest BCUT2D eigenvalue weighted by Gasteiger charge is 2.14. The largest absolute Gasteiger partial charge is 0.459 e. The van der Waals surface area contributed by atoms with E-state index in [1.165, 1.54) is 11.3 Å². The van der Waals surface area contributed by atoms with Crippen LogP contribution in [0.25, 0.3) is 10.8 Å². The van der Waals surface area contributed by atoms with Gasteiger partial charge in [-0.25, -0.2) is 4.98 Å². The number of piperazine rings is 1. The standard InChI is InChI=1S/C15H20N4O2S.ClH/c1-11-2-3-13(21-11)15-18-12(10-22-15)14(20)17-6-9-19-7-4-16-5-8-19;/h2-3,10,16H,4-9H2,1H3,(H,17,20);1H. The first-order valence-corrected chi connectivity index (χ1v) is 8.34. The van der Waals surface area contributed by atoms with Crippen molar-refractivity contribution in [3.8, 4) is 10.8 Å².